The molecular formula is C20H20N2O8. The van der Waals surface area contributed by atoms with Gasteiger partial charge in [0.05, 0.1) is 11.1 Å². The zero-order valence-corrected chi connectivity index (χ0v) is 15.8. The number of rotatable bonds is 9. The number of ether oxygens (including phenoxy) is 2. The van der Waals surface area contributed by atoms with E-state index in [0.717, 1.165) is 0 Å². The van der Waals surface area contributed by atoms with Crippen molar-refractivity contribution in [2.75, 3.05) is 26.3 Å². The predicted molar refractivity (Wildman–Crippen MR) is 103 cm³/mol. The molecular weight excluding hydrogens is 396 g/mol. The van der Waals surface area contributed by atoms with Crippen LogP contribution in [0.15, 0.2) is 48.5 Å². The van der Waals surface area contributed by atoms with Gasteiger partial charge in [0, 0.05) is 13.1 Å². The first-order valence-corrected chi connectivity index (χ1v) is 8.81. The fraction of sp³-hybridized carbons (Fsp3) is 0.200. The normalized spacial score (nSPS) is 10.0. The SMILES string of the molecule is O=C(COC(=O)c1ccc(O)cc1)NCCNC(=O)COC(=O)c1ccc(O)cc1. The molecule has 0 aromatic heterocycles. The van der Waals surface area contributed by atoms with E-state index < -0.39 is 37.0 Å². The lowest BCUT2D eigenvalue weighted by Crippen LogP contribution is -2.38. The summed E-state index contributed by atoms with van der Waals surface area (Å²) in [4.78, 5) is 46.8. The van der Waals surface area contributed by atoms with Crippen LogP contribution in [0.3, 0.4) is 0 Å². The molecule has 0 aliphatic heterocycles. The first kappa shape index (κ1) is 22.2. The lowest BCUT2D eigenvalue weighted by Gasteiger charge is -2.08. The zero-order valence-electron chi connectivity index (χ0n) is 15.8. The van der Waals surface area contributed by atoms with Gasteiger partial charge in [0.25, 0.3) is 11.8 Å². The molecule has 0 fully saturated rings. The van der Waals surface area contributed by atoms with E-state index in [-0.39, 0.29) is 35.7 Å². The van der Waals surface area contributed by atoms with Crippen molar-refractivity contribution < 1.29 is 38.9 Å². The Labute approximate surface area is 171 Å². The topological polar surface area (TPSA) is 151 Å². The molecule has 0 heterocycles. The van der Waals surface area contributed by atoms with Crippen LogP contribution in [0, 0.1) is 0 Å². The van der Waals surface area contributed by atoms with E-state index in [4.69, 9.17) is 19.7 Å². The van der Waals surface area contributed by atoms with Crippen molar-refractivity contribution in [2.45, 2.75) is 0 Å². The smallest absolute Gasteiger partial charge is 0.338 e. The second-order valence-corrected chi connectivity index (χ2v) is 5.95. The van der Waals surface area contributed by atoms with Gasteiger partial charge in [-0.05, 0) is 48.5 Å². The maximum atomic E-state index is 11.7. The summed E-state index contributed by atoms with van der Waals surface area (Å²) < 4.78 is 9.66. The molecule has 0 unspecified atom stereocenters. The second kappa shape index (κ2) is 11.1. The van der Waals surface area contributed by atoms with Crippen LogP contribution in [0.4, 0.5) is 0 Å². The molecule has 4 N–H and O–H groups in total. The summed E-state index contributed by atoms with van der Waals surface area (Å²) in [7, 11) is 0. The monoisotopic (exact) mass is 416 g/mol. The van der Waals surface area contributed by atoms with E-state index in [9.17, 15) is 19.2 Å². The summed E-state index contributed by atoms with van der Waals surface area (Å²) in [5, 5.41) is 23.2. The molecule has 2 aromatic rings. The van der Waals surface area contributed by atoms with Gasteiger partial charge in [-0.2, -0.15) is 0 Å². The molecule has 158 valence electrons. The van der Waals surface area contributed by atoms with Crippen LogP contribution in [0.25, 0.3) is 0 Å². The highest BCUT2D eigenvalue weighted by Crippen LogP contribution is 2.11. The number of esters is 2. The summed E-state index contributed by atoms with van der Waals surface area (Å²) in [6.07, 6.45) is 0. The maximum absolute atomic E-state index is 11.7. The Morgan fingerprint density at radius 1 is 0.633 bits per heavy atom. The Bertz CT molecular complexity index is 819. The third-order valence-electron chi connectivity index (χ3n) is 3.64. The molecule has 0 radical (unpaired) electrons. The number of aromatic hydroxyl groups is 2. The van der Waals surface area contributed by atoms with Crippen molar-refractivity contribution >= 4 is 23.8 Å². The third-order valence-corrected chi connectivity index (χ3v) is 3.64. The summed E-state index contributed by atoms with van der Waals surface area (Å²) in [6, 6.07) is 10.7. The van der Waals surface area contributed by atoms with Gasteiger partial charge in [0.1, 0.15) is 11.5 Å². The molecule has 2 aromatic carbocycles. The van der Waals surface area contributed by atoms with Crippen LogP contribution in [0.1, 0.15) is 20.7 Å². The molecule has 2 amide bonds. The van der Waals surface area contributed by atoms with Crippen molar-refractivity contribution in [2.24, 2.45) is 0 Å². The largest absolute Gasteiger partial charge is 0.508 e. The minimum atomic E-state index is -0.714. The van der Waals surface area contributed by atoms with Crippen LogP contribution < -0.4 is 10.6 Å². The van der Waals surface area contributed by atoms with Gasteiger partial charge in [0.2, 0.25) is 0 Å². The lowest BCUT2D eigenvalue weighted by molar-refractivity contribution is -0.125. The molecule has 10 nitrogen and oxygen atoms in total. The minimum absolute atomic E-state index is 0.00135. The molecule has 0 bridgehead atoms. The highest BCUT2D eigenvalue weighted by molar-refractivity contribution is 5.92. The van der Waals surface area contributed by atoms with Crippen molar-refractivity contribution in [3.8, 4) is 11.5 Å². The number of phenolic OH excluding ortho intramolecular Hbond substituents is 2. The van der Waals surface area contributed by atoms with Gasteiger partial charge in [-0.3, -0.25) is 9.59 Å². The van der Waals surface area contributed by atoms with Crippen molar-refractivity contribution in [1.82, 2.24) is 10.6 Å². The summed E-state index contributed by atoms with van der Waals surface area (Å²) in [5.41, 5.74) is 0.379. The summed E-state index contributed by atoms with van der Waals surface area (Å²) in [5.74, 6) is -2.55. The summed E-state index contributed by atoms with van der Waals surface area (Å²) >= 11 is 0. The predicted octanol–water partition coefficient (Wildman–Crippen LogP) is 0.344. The minimum Gasteiger partial charge on any atom is -0.508 e. The van der Waals surface area contributed by atoms with Gasteiger partial charge >= 0.3 is 11.9 Å². The number of carbonyl (C=O) groups excluding carboxylic acids is 4. The van der Waals surface area contributed by atoms with E-state index in [1.807, 2.05) is 0 Å². The van der Waals surface area contributed by atoms with Crippen LogP contribution >= 0.6 is 0 Å². The maximum Gasteiger partial charge on any atom is 0.338 e. The number of carbonyl (C=O) groups is 4. The number of hydrogen-bond acceptors (Lipinski definition) is 8. The highest BCUT2D eigenvalue weighted by atomic mass is 16.5. The molecule has 0 saturated carbocycles. The van der Waals surface area contributed by atoms with Crippen LogP contribution in [-0.4, -0.2) is 60.3 Å². The lowest BCUT2D eigenvalue weighted by atomic mass is 10.2. The van der Waals surface area contributed by atoms with Crippen LogP contribution in [0.5, 0.6) is 11.5 Å². The number of phenols is 2. The van der Waals surface area contributed by atoms with Gasteiger partial charge in [-0.1, -0.05) is 0 Å². The number of amides is 2. The fourth-order valence-corrected chi connectivity index (χ4v) is 2.13. The Kier molecular flexibility index (Phi) is 8.18. The second-order valence-electron chi connectivity index (χ2n) is 5.95. The van der Waals surface area contributed by atoms with Crippen LogP contribution in [0.2, 0.25) is 0 Å². The van der Waals surface area contributed by atoms with Gasteiger partial charge in [-0.25, -0.2) is 9.59 Å². The Balaban J connectivity index is 1.57. The van der Waals surface area contributed by atoms with Crippen LogP contribution in [-0.2, 0) is 19.1 Å². The molecule has 30 heavy (non-hydrogen) atoms. The van der Waals surface area contributed by atoms with Gasteiger partial charge in [-0.15, -0.1) is 0 Å². The first-order chi connectivity index (χ1) is 14.3. The Morgan fingerprint density at radius 3 is 1.30 bits per heavy atom. The average Bonchev–Trinajstić information content (AvgIpc) is 2.74. The van der Waals surface area contributed by atoms with E-state index in [1.54, 1.807) is 0 Å². The molecule has 0 saturated heterocycles. The zero-order chi connectivity index (χ0) is 21.9. The molecule has 0 atom stereocenters. The van der Waals surface area contributed by atoms with Crippen molar-refractivity contribution in [3.63, 3.8) is 0 Å². The van der Waals surface area contributed by atoms with Crippen molar-refractivity contribution in [3.05, 3.63) is 59.7 Å². The van der Waals surface area contributed by atoms with E-state index in [2.05, 4.69) is 10.6 Å². The number of hydrogen-bond donors (Lipinski definition) is 4. The van der Waals surface area contributed by atoms with E-state index in [0.29, 0.717) is 0 Å². The first-order valence-electron chi connectivity index (χ1n) is 8.81. The molecule has 0 aliphatic rings. The standard InChI is InChI=1S/C20H20N2O8/c23-15-5-1-13(2-6-15)19(27)29-11-17(25)21-9-10-22-18(26)12-30-20(28)14-3-7-16(24)8-4-14/h1-8,23-24H,9-12H2,(H,21,25)(H,22,26). The van der Waals surface area contributed by atoms with Crippen molar-refractivity contribution in [1.29, 1.82) is 0 Å². The van der Waals surface area contributed by atoms with Gasteiger partial charge in [0.15, 0.2) is 13.2 Å². The quantitative estimate of drug-likeness (QED) is 0.338. The Morgan fingerprint density at radius 2 is 0.967 bits per heavy atom. The number of nitrogens with one attached hydrogen (secondary N) is 2. The number of benzene rings is 2. The third kappa shape index (κ3) is 7.50. The molecule has 2 rings (SSSR count). The highest BCUT2D eigenvalue weighted by Gasteiger charge is 2.11. The van der Waals surface area contributed by atoms with E-state index >= 15 is 0 Å². The van der Waals surface area contributed by atoms with Gasteiger partial charge < -0.3 is 30.3 Å². The van der Waals surface area contributed by atoms with E-state index in [1.165, 1.54) is 48.5 Å². The molecule has 10 heteroatoms. The molecule has 0 spiro atoms. The molecule has 0 aliphatic carbocycles. The Hall–Kier alpha value is -4.08. The summed E-state index contributed by atoms with van der Waals surface area (Å²) in [6.45, 7) is -0.851. The fourth-order valence-electron chi connectivity index (χ4n) is 2.13. The average molecular weight is 416 g/mol.